The fourth-order valence-electron chi connectivity index (χ4n) is 3.10. The summed E-state index contributed by atoms with van der Waals surface area (Å²) in [5.41, 5.74) is 1.37. The Labute approximate surface area is 151 Å². The van der Waals surface area contributed by atoms with Crippen molar-refractivity contribution < 1.29 is 6.22 Å². The number of carbonyl (C=O) groups is 1. The molecule has 0 spiro atoms. The van der Waals surface area contributed by atoms with Gasteiger partial charge in [0.1, 0.15) is 5.69 Å². The number of rotatable bonds is 4. The molecule has 1 aliphatic carbocycles. The number of nitrogens with one attached hydrogen (secondary N) is 1. The first-order valence-electron chi connectivity index (χ1n) is 9.30. The molecule has 0 atom stereocenters. The van der Waals surface area contributed by atoms with Crippen molar-refractivity contribution in [2.45, 2.75) is 52.9 Å². The molecule has 5 nitrogen and oxygen atoms in total. The molecule has 0 radical (unpaired) electrons. The van der Waals surface area contributed by atoms with Crippen LogP contribution in [-0.4, -0.2) is 20.9 Å². The quantitative estimate of drug-likeness (QED) is 0.852. The monoisotopic (exact) mass is 342 g/mol. The van der Waals surface area contributed by atoms with Crippen LogP contribution in [0.15, 0.2) is 36.8 Å². The van der Waals surface area contributed by atoms with Crippen molar-refractivity contribution in [3.63, 3.8) is 0 Å². The third-order valence-corrected chi connectivity index (χ3v) is 4.61. The number of hydrogen-bond acceptors (Lipinski definition) is 4. The summed E-state index contributed by atoms with van der Waals surface area (Å²) in [7, 11) is 0. The van der Waals surface area contributed by atoms with Gasteiger partial charge in [-0.05, 0) is 43.7 Å². The van der Waals surface area contributed by atoms with E-state index in [1.807, 2.05) is 32.0 Å². The van der Waals surface area contributed by atoms with Gasteiger partial charge < -0.3 is 5.32 Å². The average molecular weight is 342 g/mol. The molecule has 1 fully saturated rings. The van der Waals surface area contributed by atoms with Crippen LogP contribution in [0.5, 0.6) is 0 Å². The van der Waals surface area contributed by atoms with Crippen LogP contribution < -0.4 is 5.32 Å². The van der Waals surface area contributed by atoms with Crippen LogP contribution in [-0.2, 0) is 4.79 Å². The van der Waals surface area contributed by atoms with Crippen LogP contribution in [0.25, 0.3) is 11.5 Å². The minimum Gasteiger partial charge on any atom is -0.323 e. The summed E-state index contributed by atoms with van der Waals surface area (Å²) in [4.78, 5) is 25.1. The van der Waals surface area contributed by atoms with Crippen LogP contribution >= 0.6 is 0 Å². The summed E-state index contributed by atoms with van der Waals surface area (Å²) in [6.45, 7) is 6.23. The summed E-state index contributed by atoms with van der Waals surface area (Å²) < 4.78 is 0. The molecule has 0 aliphatic heterocycles. The maximum absolute atomic E-state index is 12.3. The molecule has 5 heteroatoms. The molecular weight excluding hydrogens is 312 g/mol. The largest absolute Gasteiger partial charge is 0.323 e. The molecule has 1 amide bonds. The number of pyridine rings is 1. The molecule has 3 rings (SSSR count). The third-order valence-electron chi connectivity index (χ3n) is 4.61. The van der Waals surface area contributed by atoms with Gasteiger partial charge in [0.05, 0.1) is 18.1 Å². The predicted molar refractivity (Wildman–Crippen MR) is 103 cm³/mol. The van der Waals surface area contributed by atoms with Gasteiger partial charge in [-0.3, -0.25) is 9.78 Å². The molecule has 1 N–H and O–H groups in total. The van der Waals surface area contributed by atoms with Crippen molar-refractivity contribution in [2.75, 3.05) is 5.32 Å². The molecule has 25 heavy (non-hydrogen) atoms. The highest BCUT2D eigenvalue weighted by atomic mass is 16.1. The Bertz CT molecular complexity index is 641. The number of aromatic nitrogens is 3. The fraction of sp³-hybridized carbons (Fsp3) is 0.500. The van der Waals surface area contributed by atoms with Gasteiger partial charge in [0.15, 0.2) is 5.82 Å². The lowest BCUT2D eigenvalue weighted by atomic mass is 9.80. The minimum absolute atomic E-state index is 0. The topological polar surface area (TPSA) is 67.8 Å². The fourth-order valence-corrected chi connectivity index (χ4v) is 3.10. The highest BCUT2D eigenvalue weighted by molar-refractivity contribution is 5.92. The molecule has 0 bridgehead atoms. The number of hydrogen-bond donors (Lipinski definition) is 1. The summed E-state index contributed by atoms with van der Waals surface area (Å²) in [6.07, 6.45) is 10.5. The van der Waals surface area contributed by atoms with E-state index in [1.165, 1.54) is 6.42 Å². The SMILES string of the molecule is CC.CCC1CCC(C(=O)Nc2cnc(-c3ccccn3)nc2)CC1.[HH]. The van der Waals surface area contributed by atoms with E-state index in [0.717, 1.165) is 37.3 Å². The van der Waals surface area contributed by atoms with E-state index in [-0.39, 0.29) is 13.3 Å². The van der Waals surface area contributed by atoms with Gasteiger partial charge in [-0.15, -0.1) is 0 Å². The van der Waals surface area contributed by atoms with E-state index in [4.69, 9.17) is 0 Å². The van der Waals surface area contributed by atoms with Crippen LogP contribution in [0.2, 0.25) is 0 Å². The Morgan fingerprint density at radius 3 is 2.36 bits per heavy atom. The summed E-state index contributed by atoms with van der Waals surface area (Å²) >= 11 is 0. The van der Waals surface area contributed by atoms with E-state index >= 15 is 0 Å². The van der Waals surface area contributed by atoms with E-state index in [2.05, 4.69) is 27.2 Å². The molecule has 2 heterocycles. The first-order valence-corrected chi connectivity index (χ1v) is 9.30. The first-order chi connectivity index (χ1) is 12.3. The number of amides is 1. The van der Waals surface area contributed by atoms with Gasteiger partial charge in [0.25, 0.3) is 0 Å². The maximum atomic E-state index is 12.3. The summed E-state index contributed by atoms with van der Waals surface area (Å²) in [6, 6.07) is 5.61. The second-order valence-corrected chi connectivity index (χ2v) is 6.13. The standard InChI is InChI=1S/C18H22N4O.C2H6.H2/c1-2-13-6-8-14(9-7-13)18(23)22-15-11-20-17(21-12-15)16-5-3-4-10-19-16;1-2;/h3-5,10-14H,2,6-9H2,1H3,(H,22,23);1-2H3;1H. The minimum atomic E-state index is 0. The molecular formula is C20H30N4O. The first kappa shape index (κ1) is 19.0. The smallest absolute Gasteiger partial charge is 0.227 e. The molecule has 2 aromatic heterocycles. The Hall–Kier alpha value is -2.30. The zero-order chi connectivity index (χ0) is 18.1. The van der Waals surface area contributed by atoms with Crippen molar-refractivity contribution in [3.05, 3.63) is 36.8 Å². The Morgan fingerprint density at radius 2 is 1.80 bits per heavy atom. The van der Waals surface area contributed by atoms with Crippen LogP contribution in [0, 0.1) is 11.8 Å². The molecule has 136 valence electrons. The predicted octanol–water partition coefficient (Wildman–Crippen LogP) is 4.97. The molecule has 0 aromatic carbocycles. The molecule has 2 aromatic rings. The highest BCUT2D eigenvalue weighted by Crippen LogP contribution is 2.31. The number of anilines is 1. The maximum Gasteiger partial charge on any atom is 0.227 e. The van der Waals surface area contributed by atoms with E-state index in [0.29, 0.717) is 11.5 Å². The Balaban J connectivity index is 0.00000109. The van der Waals surface area contributed by atoms with Crippen LogP contribution in [0.3, 0.4) is 0 Å². The zero-order valence-electron chi connectivity index (χ0n) is 15.4. The van der Waals surface area contributed by atoms with Crippen molar-refractivity contribution in [2.24, 2.45) is 11.8 Å². The molecule has 0 unspecified atom stereocenters. The van der Waals surface area contributed by atoms with Gasteiger partial charge in [-0.25, -0.2) is 9.97 Å². The number of nitrogens with zero attached hydrogens (tertiary/aromatic N) is 3. The normalized spacial score (nSPS) is 19.5. The van der Waals surface area contributed by atoms with Gasteiger partial charge in [0, 0.05) is 13.5 Å². The average Bonchev–Trinajstić information content (AvgIpc) is 2.71. The van der Waals surface area contributed by atoms with Gasteiger partial charge >= 0.3 is 0 Å². The third kappa shape index (κ3) is 5.34. The molecule has 1 aliphatic rings. The second-order valence-electron chi connectivity index (χ2n) is 6.13. The lowest BCUT2D eigenvalue weighted by molar-refractivity contribution is -0.121. The molecule has 0 saturated heterocycles. The van der Waals surface area contributed by atoms with Crippen molar-refractivity contribution in [3.8, 4) is 11.5 Å². The molecule has 1 saturated carbocycles. The Morgan fingerprint density at radius 1 is 1.12 bits per heavy atom. The van der Waals surface area contributed by atoms with Gasteiger partial charge in [0.2, 0.25) is 5.91 Å². The van der Waals surface area contributed by atoms with E-state index < -0.39 is 0 Å². The lowest BCUT2D eigenvalue weighted by Gasteiger charge is -2.26. The van der Waals surface area contributed by atoms with Gasteiger partial charge in [-0.2, -0.15) is 0 Å². The van der Waals surface area contributed by atoms with Gasteiger partial charge in [-0.1, -0.05) is 33.3 Å². The second kappa shape index (κ2) is 9.87. The Kier molecular flexibility index (Phi) is 7.51. The highest BCUT2D eigenvalue weighted by Gasteiger charge is 2.25. The number of carbonyl (C=O) groups excluding carboxylic acids is 1. The van der Waals surface area contributed by atoms with E-state index in [1.54, 1.807) is 18.6 Å². The lowest BCUT2D eigenvalue weighted by Crippen LogP contribution is -2.27. The van der Waals surface area contributed by atoms with Crippen LogP contribution in [0.4, 0.5) is 5.69 Å². The van der Waals surface area contributed by atoms with Crippen molar-refractivity contribution >= 4 is 11.6 Å². The zero-order valence-corrected chi connectivity index (χ0v) is 15.4. The van der Waals surface area contributed by atoms with Crippen LogP contribution in [0.1, 0.15) is 54.3 Å². The van der Waals surface area contributed by atoms with E-state index in [9.17, 15) is 4.79 Å². The van der Waals surface area contributed by atoms with Crippen molar-refractivity contribution in [1.82, 2.24) is 15.0 Å². The summed E-state index contributed by atoms with van der Waals surface area (Å²) in [5, 5.41) is 2.94. The van der Waals surface area contributed by atoms with Crippen molar-refractivity contribution in [1.29, 1.82) is 0 Å². The summed E-state index contributed by atoms with van der Waals surface area (Å²) in [5.74, 6) is 1.56.